The molecule has 1 rings (SSSR count). The lowest BCUT2D eigenvalue weighted by Gasteiger charge is -2.16. The first-order valence-corrected chi connectivity index (χ1v) is 6.13. The summed E-state index contributed by atoms with van der Waals surface area (Å²) in [4.78, 5) is 0. The van der Waals surface area contributed by atoms with Crippen molar-refractivity contribution in [2.24, 2.45) is 0 Å². The lowest BCUT2D eigenvalue weighted by Crippen LogP contribution is -2.06. The Bertz CT molecular complexity index is 444. The number of nitriles is 1. The van der Waals surface area contributed by atoms with Crippen molar-refractivity contribution in [2.45, 2.75) is 12.5 Å². The highest BCUT2D eigenvalue weighted by atomic mass is 16.5. The first-order valence-electron chi connectivity index (χ1n) is 6.13. The molecular formula is C14H19NO5. The average molecular weight is 281 g/mol. The largest absolute Gasteiger partial charge is 0.493 e. The number of hydrogen-bond acceptors (Lipinski definition) is 6. The zero-order chi connectivity index (χ0) is 15.0. The highest BCUT2D eigenvalue weighted by molar-refractivity contribution is 5.54. The lowest BCUT2D eigenvalue weighted by molar-refractivity contribution is 0.0770. The summed E-state index contributed by atoms with van der Waals surface area (Å²) in [6, 6.07) is 5.41. The second kappa shape index (κ2) is 8.25. The molecule has 0 radical (unpaired) electrons. The molecule has 0 saturated carbocycles. The highest BCUT2D eigenvalue weighted by Crippen LogP contribution is 2.40. The van der Waals surface area contributed by atoms with Crippen molar-refractivity contribution < 1.29 is 24.1 Å². The lowest BCUT2D eigenvalue weighted by atomic mass is 10.1. The fourth-order valence-electron chi connectivity index (χ4n) is 1.73. The van der Waals surface area contributed by atoms with Gasteiger partial charge in [0.2, 0.25) is 5.75 Å². The number of aliphatic hydroxyl groups is 1. The molecule has 1 N–H and O–H groups in total. The molecule has 0 heterocycles. The van der Waals surface area contributed by atoms with Gasteiger partial charge in [-0.2, -0.15) is 5.26 Å². The van der Waals surface area contributed by atoms with Crippen LogP contribution in [0, 0.1) is 11.3 Å². The molecule has 1 atom stereocenters. The molecule has 0 aromatic heterocycles. The maximum atomic E-state index is 9.18. The topological polar surface area (TPSA) is 80.9 Å². The predicted octanol–water partition coefficient (Wildman–Crippen LogP) is 1.68. The first kappa shape index (κ1) is 16.1. The van der Waals surface area contributed by atoms with Crippen LogP contribution in [0.2, 0.25) is 0 Å². The summed E-state index contributed by atoms with van der Waals surface area (Å²) in [5.41, 5.74) is 0.611. The number of ether oxygens (including phenoxy) is 4. The van der Waals surface area contributed by atoms with Crippen LogP contribution in [0.25, 0.3) is 0 Å². The van der Waals surface area contributed by atoms with Crippen molar-refractivity contribution in [2.75, 3.05) is 34.5 Å². The number of nitrogens with zero attached hydrogens (tertiary/aromatic N) is 1. The van der Waals surface area contributed by atoms with E-state index in [1.165, 1.54) is 21.3 Å². The van der Waals surface area contributed by atoms with Crippen molar-refractivity contribution >= 4 is 0 Å². The van der Waals surface area contributed by atoms with E-state index in [9.17, 15) is 5.26 Å². The third-order valence-corrected chi connectivity index (χ3v) is 2.69. The normalized spacial score (nSPS) is 11.6. The van der Waals surface area contributed by atoms with Gasteiger partial charge in [0.05, 0.1) is 34.0 Å². The van der Waals surface area contributed by atoms with Crippen LogP contribution >= 0.6 is 0 Å². The fourth-order valence-corrected chi connectivity index (χ4v) is 1.73. The van der Waals surface area contributed by atoms with Crippen molar-refractivity contribution in [1.82, 2.24) is 0 Å². The maximum Gasteiger partial charge on any atom is 0.203 e. The summed E-state index contributed by atoms with van der Waals surface area (Å²) in [5, 5.41) is 17.9. The Balaban J connectivity index is 3.07. The summed E-state index contributed by atoms with van der Waals surface area (Å²) >= 11 is 0. The monoisotopic (exact) mass is 281 g/mol. The number of aliphatic hydroxyl groups excluding tert-OH is 1. The number of hydrogen-bond donors (Lipinski definition) is 1. The highest BCUT2D eigenvalue weighted by Gasteiger charge is 2.18. The number of benzene rings is 1. The van der Waals surface area contributed by atoms with Gasteiger partial charge in [-0.15, -0.1) is 0 Å². The molecule has 0 spiro atoms. The molecule has 0 fully saturated rings. The molecule has 20 heavy (non-hydrogen) atoms. The van der Waals surface area contributed by atoms with Gasteiger partial charge in [-0.1, -0.05) is 0 Å². The molecule has 0 aliphatic carbocycles. The predicted molar refractivity (Wildman–Crippen MR) is 72.1 cm³/mol. The maximum absolute atomic E-state index is 9.18. The van der Waals surface area contributed by atoms with Crippen LogP contribution in [-0.2, 0) is 4.74 Å². The quantitative estimate of drug-likeness (QED) is 0.730. The second-order valence-electron chi connectivity index (χ2n) is 3.92. The molecule has 0 aliphatic heterocycles. The van der Waals surface area contributed by atoms with Gasteiger partial charge in [0, 0.05) is 12.2 Å². The van der Waals surface area contributed by atoms with E-state index in [2.05, 4.69) is 6.07 Å². The van der Waals surface area contributed by atoms with Crippen LogP contribution in [0.1, 0.15) is 18.1 Å². The number of rotatable bonds is 8. The molecule has 6 nitrogen and oxygen atoms in total. The van der Waals surface area contributed by atoms with E-state index >= 15 is 0 Å². The van der Waals surface area contributed by atoms with E-state index in [-0.39, 0.29) is 6.61 Å². The Hall–Kier alpha value is -1.97. The Kier molecular flexibility index (Phi) is 6.64. The summed E-state index contributed by atoms with van der Waals surface area (Å²) in [6.07, 6.45) is -0.280. The molecule has 1 aromatic carbocycles. The van der Waals surface area contributed by atoms with Crippen LogP contribution in [-0.4, -0.2) is 39.6 Å². The van der Waals surface area contributed by atoms with Crippen molar-refractivity contribution in [1.29, 1.82) is 5.26 Å². The van der Waals surface area contributed by atoms with E-state index in [1.54, 1.807) is 12.1 Å². The molecule has 0 saturated heterocycles. The van der Waals surface area contributed by atoms with Gasteiger partial charge in [-0.05, 0) is 18.6 Å². The van der Waals surface area contributed by atoms with E-state index < -0.39 is 6.10 Å². The van der Waals surface area contributed by atoms with Crippen molar-refractivity contribution in [3.63, 3.8) is 0 Å². The van der Waals surface area contributed by atoms with Crippen LogP contribution in [0.5, 0.6) is 17.2 Å². The third kappa shape index (κ3) is 3.76. The standard InChI is InChI=1S/C14H19NO5/c1-17-11-7-10(8-12(18-2)14(11)19-3)13(9-15)20-6-4-5-16/h7-8,13,16H,4-6H2,1-3H3. The van der Waals surface area contributed by atoms with Crippen LogP contribution in [0.3, 0.4) is 0 Å². The zero-order valence-electron chi connectivity index (χ0n) is 11.9. The molecule has 1 unspecified atom stereocenters. The van der Waals surface area contributed by atoms with Crippen LogP contribution < -0.4 is 14.2 Å². The van der Waals surface area contributed by atoms with Gasteiger partial charge in [-0.3, -0.25) is 0 Å². The summed E-state index contributed by atoms with van der Waals surface area (Å²) in [6.45, 7) is 0.318. The van der Waals surface area contributed by atoms with Gasteiger partial charge >= 0.3 is 0 Å². The summed E-state index contributed by atoms with van der Waals surface area (Å²) in [5.74, 6) is 1.39. The Morgan fingerprint density at radius 3 is 2.15 bits per heavy atom. The summed E-state index contributed by atoms with van der Waals surface area (Å²) < 4.78 is 21.1. The van der Waals surface area contributed by atoms with Crippen molar-refractivity contribution in [3.05, 3.63) is 17.7 Å². The van der Waals surface area contributed by atoms with Crippen LogP contribution in [0.4, 0.5) is 0 Å². The molecule has 0 aliphatic rings. The second-order valence-corrected chi connectivity index (χ2v) is 3.92. The first-order chi connectivity index (χ1) is 9.71. The van der Waals surface area contributed by atoms with Gasteiger partial charge in [0.25, 0.3) is 0 Å². The third-order valence-electron chi connectivity index (χ3n) is 2.69. The molecule has 0 amide bonds. The molecule has 6 heteroatoms. The van der Waals surface area contributed by atoms with Gasteiger partial charge in [0.1, 0.15) is 0 Å². The summed E-state index contributed by atoms with van der Waals surface area (Å²) in [7, 11) is 4.53. The minimum atomic E-state index is -0.754. The van der Waals surface area contributed by atoms with E-state index in [0.29, 0.717) is 35.8 Å². The molecule has 0 bridgehead atoms. The molecule has 1 aromatic rings. The van der Waals surface area contributed by atoms with Crippen molar-refractivity contribution in [3.8, 4) is 23.3 Å². The number of methoxy groups -OCH3 is 3. The minimum absolute atomic E-state index is 0.0212. The van der Waals surface area contributed by atoms with E-state index in [1.807, 2.05) is 0 Å². The Morgan fingerprint density at radius 1 is 1.15 bits per heavy atom. The Morgan fingerprint density at radius 2 is 1.75 bits per heavy atom. The van der Waals surface area contributed by atoms with Gasteiger partial charge in [0.15, 0.2) is 17.6 Å². The average Bonchev–Trinajstić information content (AvgIpc) is 2.50. The Labute approximate surface area is 118 Å². The van der Waals surface area contributed by atoms with Gasteiger partial charge < -0.3 is 24.1 Å². The smallest absolute Gasteiger partial charge is 0.203 e. The molecule has 110 valence electrons. The molecular weight excluding hydrogens is 262 g/mol. The minimum Gasteiger partial charge on any atom is -0.493 e. The zero-order valence-corrected chi connectivity index (χ0v) is 11.9. The fraction of sp³-hybridized carbons (Fsp3) is 0.500. The van der Waals surface area contributed by atoms with Gasteiger partial charge in [-0.25, -0.2) is 0 Å². The van der Waals surface area contributed by atoms with Crippen LogP contribution in [0.15, 0.2) is 12.1 Å². The van der Waals surface area contributed by atoms with E-state index in [0.717, 1.165) is 0 Å². The SMILES string of the molecule is COc1cc(C(C#N)OCCCO)cc(OC)c1OC. The van der Waals surface area contributed by atoms with E-state index in [4.69, 9.17) is 24.1 Å².